The second kappa shape index (κ2) is 8.83. The number of morpholine rings is 1. The molecule has 0 radical (unpaired) electrons. The quantitative estimate of drug-likeness (QED) is 0.650. The average molecular weight is 493 g/mol. The fourth-order valence-electron chi connectivity index (χ4n) is 4.44. The topological polar surface area (TPSA) is 101 Å². The van der Waals surface area contributed by atoms with Gasteiger partial charge in [-0.15, -0.1) is 0 Å². The summed E-state index contributed by atoms with van der Waals surface area (Å²) in [6.07, 6.45) is 2.09. The highest BCUT2D eigenvalue weighted by molar-refractivity contribution is 7.90. The molecular formula is C23H28N2O6S2. The van der Waals surface area contributed by atoms with E-state index in [1.165, 1.54) is 22.5 Å². The lowest BCUT2D eigenvalue weighted by atomic mass is 10.0. The molecule has 178 valence electrons. The molecule has 2 unspecified atom stereocenters. The molecule has 2 aliphatic rings. The van der Waals surface area contributed by atoms with Crippen LogP contribution in [-0.2, 0) is 31.0 Å². The predicted molar refractivity (Wildman–Crippen MR) is 125 cm³/mol. The van der Waals surface area contributed by atoms with Crippen molar-refractivity contribution in [2.45, 2.75) is 48.7 Å². The Kier molecular flexibility index (Phi) is 6.38. The molecule has 1 saturated heterocycles. The minimum Gasteiger partial charge on any atom is -0.373 e. The Morgan fingerprint density at radius 3 is 2.33 bits per heavy atom. The van der Waals surface area contributed by atoms with Crippen molar-refractivity contribution in [2.75, 3.05) is 30.8 Å². The van der Waals surface area contributed by atoms with E-state index in [-0.39, 0.29) is 46.6 Å². The van der Waals surface area contributed by atoms with Crippen LogP contribution in [0.1, 0.15) is 36.2 Å². The van der Waals surface area contributed by atoms with E-state index in [4.69, 9.17) is 4.74 Å². The van der Waals surface area contributed by atoms with Gasteiger partial charge in [0.15, 0.2) is 9.84 Å². The number of aryl methyl sites for hydroxylation is 1. The molecule has 10 heteroatoms. The van der Waals surface area contributed by atoms with Gasteiger partial charge >= 0.3 is 0 Å². The van der Waals surface area contributed by atoms with Crippen LogP contribution in [0.5, 0.6) is 0 Å². The number of nitrogens with zero attached hydrogens (tertiary/aromatic N) is 2. The summed E-state index contributed by atoms with van der Waals surface area (Å²) in [5, 5.41) is 0. The maximum Gasteiger partial charge on any atom is 0.258 e. The van der Waals surface area contributed by atoms with E-state index in [1.54, 1.807) is 29.2 Å². The predicted octanol–water partition coefficient (Wildman–Crippen LogP) is 2.48. The van der Waals surface area contributed by atoms with Gasteiger partial charge in [0.2, 0.25) is 10.0 Å². The van der Waals surface area contributed by atoms with Crippen molar-refractivity contribution >= 4 is 31.5 Å². The first kappa shape index (κ1) is 23.9. The van der Waals surface area contributed by atoms with Crippen LogP contribution in [0, 0.1) is 0 Å². The van der Waals surface area contributed by atoms with Crippen LogP contribution >= 0.6 is 0 Å². The van der Waals surface area contributed by atoms with E-state index < -0.39 is 19.9 Å². The molecule has 2 aliphatic heterocycles. The van der Waals surface area contributed by atoms with Gasteiger partial charge in [0.1, 0.15) is 0 Å². The number of hydrogen-bond acceptors (Lipinski definition) is 6. The molecule has 2 aromatic rings. The Hall–Kier alpha value is -2.27. The van der Waals surface area contributed by atoms with Crippen molar-refractivity contribution in [2.24, 2.45) is 0 Å². The van der Waals surface area contributed by atoms with Crippen LogP contribution in [-0.4, -0.2) is 65.1 Å². The van der Waals surface area contributed by atoms with Gasteiger partial charge in [-0.2, -0.15) is 4.31 Å². The number of sulfone groups is 1. The third kappa shape index (κ3) is 4.84. The summed E-state index contributed by atoms with van der Waals surface area (Å²) in [7, 11) is -7.13. The van der Waals surface area contributed by atoms with Crippen molar-refractivity contribution in [3.63, 3.8) is 0 Å². The summed E-state index contributed by atoms with van der Waals surface area (Å²) >= 11 is 0. The zero-order chi connectivity index (χ0) is 24.0. The summed E-state index contributed by atoms with van der Waals surface area (Å²) in [6, 6.07) is 10.9. The number of ether oxygens (including phenoxy) is 1. The number of rotatable bonds is 4. The zero-order valence-corrected chi connectivity index (χ0v) is 20.5. The highest BCUT2D eigenvalue weighted by Crippen LogP contribution is 2.31. The van der Waals surface area contributed by atoms with Crippen molar-refractivity contribution < 1.29 is 26.4 Å². The summed E-state index contributed by atoms with van der Waals surface area (Å²) in [4.78, 5) is 15.3. The number of anilines is 1. The van der Waals surface area contributed by atoms with E-state index in [9.17, 15) is 21.6 Å². The summed E-state index contributed by atoms with van der Waals surface area (Å²) in [5.74, 6) is -0.316. The standard InChI is InChI=1S/C23H28N2O6S2/c1-16-14-24(15-17(2)31-16)33(29,30)21-8-4-6-19(13-21)23(26)25-11-5-7-18-12-20(32(3,27)28)9-10-22(18)25/h4,6,8-10,12-13,16-17H,5,7,11,14-15H2,1-3H3. The molecule has 4 rings (SSSR count). The van der Waals surface area contributed by atoms with Gasteiger partial charge in [0, 0.05) is 37.1 Å². The van der Waals surface area contributed by atoms with Gasteiger partial charge in [0.05, 0.1) is 22.0 Å². The lowest BCUT2D eigenvalue weighted by Gasteiger charge is -2.34. The van der Waals surface area contributed by atoms with E-state index in [2.05, 4.69) is 0 Å². The molecule has 0 spiro atoms. The Balaban J connectivity index is 1.64. The molecule has 0 bridgehead atoms. The molecule has 1 fully saturated rings. The number of sulfonamides is 1. The lowest BCUT2D eigenvalue weighted by molar-refractivity contribution is -0.0440. The summed E-state index contributed by atoms with van der Waals surface area (Å²) in [6.45, 7) is 4.65. The molecule has 0 N–H and O–H groups in total. The Morgan fingerprint density at radius 2 is 1.67 bits per heavy atom. The maximum absolute atomic E-state index is 13.4. The normalized spacial score (nSPS) is 22.1. The second-order valence-electron chi connectivity index (χ2n) is 8.73. The van der Waals surface area contributed by atoms with Gasteiger partial charge < -0.3 is 9.64 Å². The second-order valence-corrected chi connectivity index (χ2v) is 12.7. The molecule has 2 heterocycles. The molecule has 0 saturated carbocycles. The molecule has 1 amide bonds. The van der Waals surface area contributed by atoms with Crippen LogP contribution in [0.15, 0.2) is 52.3 Å². The fourth-order valence-corrected chi connectivity index (χ4v) is 6.75. The number of amides is 1. The van der Waals surface area contributed by atoms with Crippen molar-refractivity contribution in [1.82, 2.24) is 4.31 Å². The molecule has 33 heavy (non-hydrogen) atoms. The zero-order valence-electron chi connectivity index (χ0n) is 18.9. The molecular weight excluding hydrogens is 464 g/mol. The fraction of sp³-hybridized carbons (Fsp3) is 0.435. The first-order valence-electron chi connectivity index (χ1n) is 10.9. The Bertz CT molecular complexity index is 1280. The summed E-state index contributed by atoms with van der Waals surface area (Å²) in [5.41, 5.74) is 1.71. The van der Waals surface area contributed by atoms with Gasteiger partial charge in [-0.05, 0) is 68.7 Å². The number of benzene rings is 2. The van der Waals surface area contributed by atoms with Gasteiger partial charge in [-0.3, -0.25) is 4.79 Å². The van der Waals surface area contributed by atoms with E-state index in [1.807, 2.05) is 13.8 Å². The monoisotopic (exact) mass is 492 g/mol. The van der Waals surface area contributed by atoms with Crippen LogP contribution in [0.3, 0.4) is 0 Å². The van der Waals surface area contributed by atoms with Gasteiger partial charge in [0.25, 0.3) is 5.91 Å². The number of carbonyl (C=O) groups excluding carboxylic acids is 1. The number of hydrogen-bond donors (Lipinski definition) is 0. The Morgan fingerprint density at radius 1 is 0.970 bits per heavy atom. The Labute approximate surface area is 195 Å². The van der Waals surface area contributed by atoms with Crippen molar-refractivity contribution in [3.05, 3.63) is 53.6 Å². The molecule has 8 nitrogen and oxygen atoms in total. The van der Waals surface area contributed by atoms with Crippen LogP contribution < -0.4 is 4.90 Å². The largest absolute Gasteiger partial charge is 0.373 e. The van der Waals surface area contributed by atoms with Gasteiger partial charge in [-0.25, -0.2) is 16.8 Å². The maximum atomic E-state index is 13.4. The summed E-state index contributed by atoms with van der Waals surface area (Å²) < 4.78 is 57.4. The van der Waals surface area contributed by atoms with Crippen molar-refractivity contribution in [3.8, 4) is 0 Å². The molecule has 2 atom stereocenters. The van der Waals surface area contributed by atoms with Crippen molar-refractivity contribution in [1.29, 1.82) is 0 Å². The van der Waals surface area contributed by atoms with E-state index in [0.717, 1.165) is 11.8 Å². The third-order valence-electron chi connectivity index (χ3n) is 5.95. The third-order valence-corrected chi connectivity index (χ3v) is 8.89. The minimum atomic E-state index is -3.78. The average Bonchev–Trinajstić information content (AvgIpc) is 2.76. The smallest absolute Gasteiger partial charge is 0.258 e. The van der Waals surface area contributed by atoms with E-state index in [0.29, 0.717) is 25.1 Å². The number of fused-ring (bicyclic) bond motifs is 1. The lowest BCUT2D eigenvalue weighted by Crippen LogP contribution is -2.48. The van der Waals surface area contributed by atoms with Crippen LogP contribution in [0.4, 0.5) is 5.69 Å². The van der Waals surface area contributed by atoms with Gasteiger partial charge in [-0.1, -0.05) is 6.07 Å². The molecule has 0 aliphatic carbocycles. The highest BCUT2D eigenvalue weighted by Gasteiger charge is 2.33. The van der Waals surface area contributed by atoms with Crippen LogP contribution in [0.2, 0.25) is 0 Å². The number of carbonyl (C=O) groups is 1. The molecule has 2 aromatic carbocycles. The van der Waals surface area contributed by atoms with Crippen LogP contribution in [0.25, 0.3) is 0 Å². The van der Waals surface area contributed by atoms with E-state index >= 15 is 0 Å². The SMILES string of the molecule is CC1CN(S(=O)(=O)c2cccc(C(=O)N3CCCc4cc(S(C)(=O)=O)ccc43)c2)CC(C)O1. The first-order valence-corrected chi connectivity index (χ1v) is 14.2. The minimum absolute atomic E-state index is 0.0688. The highest BCUT2D eigenvalue weighted by atomic mass is 32.2. The molecule has 0 aromatic heterocycles. The first-order chi connectivity index (χ1) is 15.5.